The number of piperidine rings is 1. The number of rotatable bonds is 3. The van der Waals surface area contributed by atoms with Gasteiger partial charge in [0.15, 0.2) is 6.29 Å². The summed E-state index contributed by atoms with van der Waals surface area (Å²) in [4.78, 5) is 27.6. The number of amides is 1. The summed E-state index contributed by atoms with van der Waals surface area (Å²) in [5.41, 5.74) is 0.783. The first-order chi connectivity index (χ1) is 11.6. The first kappa shape index (κ1) is 19.6. The second-order valence-corrected chi connectivity index (χ2v) is 8.07. The van der Waals surface area contributed by atoms with E-state index in [1.165, 1.54) is 0 Å². The zero-order valence-corrected chi connectivity index (χ0v) is 16.3. The molecule has 1 fully saturated rings. The zero-order chi connectivity index (χ0) is 18.8. The Morgan fingerprint density at radius 3 is 2.68 bits per heavy atom. The number of halogens is 1. The lowest BCUT2D eigenvalue weighted by molar-refractivity contribution is 0.0159. The van der Waals surface area contributed by atoms with Crippen molar-refractivity contribution in [2.75, 3.05) is 25.0 Å². The Balaban J connectivity index is 2.22. The van der Waals surface area contributed by atoms with Gasteiger partial charge in [0.2, 0.25) is 0 Å². The van der Waals surface area contributed by atoms with Crippen molar-refractivity contribution in [1.29, 1.82) is 0 Å². The fourth-order valence-corrected chi connectivity index (χ4v) is 3.49. The van der Waals surface area contributed by atoms with Crippen LogP contribution < -0.4 is 4.90 Å². The molecule has 0 N–H and O–H groups in total. The van der Waals surface area contributed by atoms with Crippen molar-refractivity contribution in [2.24, 2.45) is 5.92 Å². The van der Waals surface area contributed by atoms with Crippen LogP contribution in [0.4, 0.5) is 10.5 Å². The number of carbonyl (C=O) groups is 2. The van der Waals surface area contributed by atoms with Crippen LogP contribution in [0.15, 0.2) is 18.2 Å². The molecule has 2 atom stereocenters. The molecule has 0 aliphatic carbocycles. The van der Waals surface area contributed by atoms with E-state index in [2.05, 4.69) is 11.8 Å². The molecule has 0 spiro atoms. The molecule has 2 rings (SSSR count). The predicted octanol–water partition coefficient (Wildman–Crippen LogP) is 4.23. The van der Waals surface area contributed by atoms with E-state index in [4.69, 9.17) is 16.3 Å². The number of hydrogen-bond acceptors (Lipinski definition) is 4. The van der Waals surface area contributed by atoms with Gasteiger partial charge in [0.25, 0.3) is 0 Å². The Hall–Kier alpha value is -1.75. The van der Waals surface area contributed by atoms with Gasteiger partial charge >= 0.3 is 6.09 Å². The molecule has 0 radical (unpaired) electrons. The number of para-hydroxylation sites is 1. The number of anilines is 1. The van der Waals surface area contributed by atoms with E-state index >= 15 is 0 Å². The number of ether oxygens (including phenoxy) is 1. The smallest absolute Gasteiger partial charge is 0.410 e. The highest BCUT2D eigenvalue weighted by Crippen LogP contribution is 2.33. The van der Waals surface area contributed by atoms with E-state index in [0.717, 1.165) is 24.9 Å². The molecule has 1 saturated heterocycles. The molecule has 0 saturated carbocycles. The third-order valence-electron chi connectivity index (χ3n) is 4.56. The van der Waals surface area contributed by atoms with Gasteiger partial charge in [0.05, 0.1) is 16.8 Å². The maximum atomic E-state index is 12.4. The Morgan fingerprint density at radius 1 is 1.40 bits per heavy atom. The van der Waals surface area contributed by atoms with Gasteiger partial charge in [-0.1, -0.05) is 24.6 Å². The lowest BCUT2D eigenvalue weighted by Gasteiger charge is -2.43. The first-order valence-electron chi connectivity index (χ1n) is 8.58. The van der Waals surface area contributed by atoms with Crippen LogP contribution in [0.5, 0.6) is 0 Å². The summed E-state index contributed by atoms with van der Waals surface area (Å²) >= 11 is 6.35. The lowest BCUT2D eigenvalue weighted by atomic mass is 9.92. The van der Waals surface area contributed by atoms with E-state index < -0.39 is 5.60 Å². The van der Waals surface area contributed by atoms with Crippen molar-refractivity contribution in [1.82, 2.24) is 4.90 Å². The van der Waals surface area contributed by atoms with Crippen molar-refractivity contribution in [3.63, 3.8) is 0 Å². The molecule has 0 unspecified atom stereocenters. The molecular formula is C19H27ClN2O3. The lowest BCUT2D eigenvalue weighted by Crippen LogP contribution is -2.53. The van der Waals surface area contributed by atoms with E-state index in [1.54, 1.807) is 30.1 Å². The summed E-state index contributed by atoms with van der Waals surface area (Å²) < 4.78 is 5.50. The summed E-state index contributed by atoms with van der Waals surface area (Å²) in [5, 5.41) is 0.554. The minimum atomic E-state index is -0.531. The highest BCUT2D eigenvalue weighted by molar-refractivity contribution is 6.33. The van der Waals surface area contributed by atoms with Crippen LogP contribution in [0, 0.1) is 5.92 Å². The van der Waals surface area contributed by atoms with Gasteiger partial charge in [0.1, 0.15) is 5.60 Å². The molecule has 0 bridgehead atoms. The van der Waals surface area contributed by atoms with Crippen LogP contribution in [0.2, 0.25) is 5.02 Å². The van der Waals surface area contributed by atoms with Crippen LogP contribution in [0.3, 0.4) is 0 Å². The van der Waals surface area contributed by atoms with E-state index in [9.17, 15) is 9.59 Å². The standard InChI is InChI=1S/C19H27ClN2O3/c1-13-9-10-22(17-14(12-23)7-6-8-15(17)20)11-16(13)21(5)18(24)25-19(2,3)4/h6-8,12-13,16H,9-11H2,1-5H3/t13-,16-/m0/s1. The Bertz CT molecular complexity index is 642. The van der Waals surface area contributed by atoms with E-state index in [1.807, 2.05) is 20.8 Å². The van der Waals surface area contributed by atoms with Crippen LogP contribution >= 0.6 is 11.6 Å². The van der Waals surface area contributed by atoms with Crippen molar-refractivity contribution in [3.05, 3.63) is 28.8 Å². The number of carbonyl (C=O) groups excluding carboxylic acids is 2. The quantitative estimate of drug-likeness (QED) is 0.751. The van der Waals surface area contributed by atoms with Crippen molar-refractivity contribution < 1.29 is 14.3 Å². The number of aldehydes is 1. The molecule has 1 aliphatic heterocycles. The monoisotopic (exact) mass is 366 g/mol. The number of hydrogen-bond donors (Lipinski definition) is 0. The Kier molecular flexibility index (Phi) is 5.99. The molecular weight excluding hydrogens is 340 g/mol. The third-order valence-corrected chi connectivity index (χ3v) is 4.86. The molecule has 0 aromatic heterocycles. The topological polar surface area (TPSA) is 49.9 Å². The van der Waals surface area contributed by atoms with Gasteiger partial charge < -0.3 is 14.5 Å². The van der Waals surface area contributed by atoms with Gasteiger partial charge in [-0.2, -0.15) is 0 Å². The molecule has 6 heteroatoms. The summed E-state index contributed by atoms with van der Waals surface area (Å²) in [7, 11) is 1.77. The molecule has 1 amide bonds. The Morgan fingerprint density at radius 2 is 2.08 bits per heavy atom. The van der Waals surface area contributed by atoms with Crippen molar-refractivity contribution >= 4 is 29.7 Å². The van der Waals surface area contributed by atoms with Gasteiger partial charge in [-0.3, -0.25) is 4.79 Å². The highest BCUT2D eigenvalue weighted by Gasteiger charge is 2.34. The van der Waals surface area contributed by atoms with Gasteiger partial charge in [-0.05, 0) is 45.2 Å². The molecule has 1 heterocycles. The largest absolute Gasteiger partial charge is 0.444 e. The van der Waals surface area contributed by atoms with Crippen molar-refractivity contribution in [2.45, 2.75) is 45.8 Å². The second kappa shape index (κ2) is 7.65. The maximum absolute atomic E-state index is 12.4. The fraction of sp³-hybridized carbons (Fsp3) is 0.579. The number of nitrogens with zero attached hydrogens (tertiary/aromatic N) is 2. The summed E-state index contributed by atoms with van der Waals surface area (Å²) in [5.74, 6) is 0.330. The molecule has 5 nitrogen and oxygen atoms in total. The first-order valence-corrected chi connectivity index (χ1v) is 8.96. The summed E-state index contributed by atoms with van der Waals surface area (Å²) in [6.07, 6.45) is 1.40. The number of benzene rings is 1. The average molecular weight is 367 g/mol. The minimum Gasteiger partial charge on any atom is -0.444 e. The Labute approximate surface area is 154 Å². The molecule has 138 valence electrons. The highest BCUT2D eigenvalue weighted by atomic mass is 35.5. The minimum absolute atomic E-state index is 0.0145. The van der Waals surface area contributed by atoms with Gasteiger partial charge in [-0.25, -0.2) is 4.79 Å². The van der Waals surface area contributed by atoms with Crippen molar-refractivity contribution in [3.8, 4) is 0 Å². The zero-order valence-electron chi connectivity index (χ0n) is 15.6. The fourth-order valence-electron chi connectivity index (χ4n) is 3.19. The van der Waals surface area contributed by atoms with E-state index in [0.29, 0.717) is 23.0 Å². The molecule has 1 aliphatic rings. The molecule has 1 aromatic carbocycles. The maximum Gasteiger partial charge on any atom is 0.410 e. The van der Waals surface area contributed by atoms with Gasteiger partial charge in [-0.15, -0.1) is 0 Å². The second-order valence-electron chi connectivity index (χ2n) is 7.67. The van der Waals surface area contributed by atoms with Crippen LogP contribution in [-0.2, 0) is 4.74 Å². The SMILES string of the molecule is C[C@H]1CCN(c2c(Cl)cccc2C=O)C[C@@H]1N(C)C(=O)OC(C)(C)C. The third kappa shape index (κ3) is 4.66. The predicted molar refractivity (Wildman–Crippen MR) is 101 cm³/mol. The summed E-state index contributed by atoms with van der Waals surface area (Å²) in [6, 6.07) is 5.30. The average Bonchev–Trinajstić information content (AvgIpc) is 2.53. The van der Waals surface area contributed by atoms with E-state index in [-0.39, 0.29) is 12.1 Å². The number of likely N-dealkylation sites (N-methyl/N-ethyl adjacent to an activating group) is 1. The molecule has 1 aromatic rings. The van der Waals surface area contributed by atoms with Crippen LogP contribution in [0.1, 0.15) is 44.5 Å². The molecule has 25 heavy (non-hydrogen) atoms. The van der Waals surface area contributed by atoms with Crippen LogP contribution in [-0.4, -0.2) is 49.1 Å². The summed E-state index contributed by atoms with van der Waals surface area (Å²) in [6.45, 7) is 9.11. The normalized spacial score (nSPS) is 21.0. The van der Waals surface area contributed by atoms with Gasteiger partial charge in [0, 0.05) is 25.7 Å². The van der Waals surface area contributed by atoms with Crippen LogP contribution in [0.25, 0.3) is 0 Å².